The van der Waals surface area contributed by atoms with Gasteiger partial charge in [0.2, 0.25) is 0 Å². The van der Waals surface area contributed by atoms with E-state index < -0.39 is 0 Å². The van der Waals surface area contributed by atoms with Crippen LogP contribution in [0, 0.1) is 0 Å². The van der Waals surface area contributed by atoms with Crippen molar-refractivity contribution in [2.75, 3.05) is 0 Å². The first-order chi connectivity index (χ1) is 10.7. The van der Waals surface area contributed by atoms with Crippen LogP contribution in [-0.4, -0.2) is 6.04 Å². The van der Waals surface area contributed by atoms with E-state index in [1.807, 2.05) is 24.3 Å². The molecule has 0 unspecified atom stereocenters. The summed E-state index contributed by atoms with van der Waals surface area (Å²) in [4.78, 5) is 0. The zero-order valence-corrected chi connectivity index (χ0v) is 15.3. The lowest BCUT2D eigenvalue weighted by Crippen LogP contribution is -2.27. The van der Waals surface area contributed by atoms with Gasteiger partial charge in [-0.1, -0.05) is 48.9 Å². The van der Waals surface area contributed by atoms with Crippen LogP contribution in [0.1, 0.15) is 44.3 Å². The first-order valence-corrected chi connectivity index (χ1v) is 8.75. The van der Waals surface area contributed by atoms with Crippen LogP contribution in [0.15, 0.2) is 34.7 Å². The largest absolute Gasteiger partial charge is 0.460 e. The average molecular weight is 375 g/mol. The Hall–Kier alpha value is -0.670. The van der Waals surface area contributed by atoms with Gasteiger partial charge < -0.3 is 9.73 Å². The molecule has 126 valence electrons. The maximum Gasteiger partial charge on any atom is 0.134 e. The number of rotatable bonds is 4. The summed E-state index contributed by atoms with van der Waals surface area (Å²) in [6, 6.07) is 10.1. The molecular weight excluding hydrogens is 353 g/mol. The fraction of sp³-hybridized carbons (Fsp3) is 0.444. The van der Waals surface area contributed by atoms with Crippen molar-refractivity contribution < 1.29 is 4.42 Å². The monoisotopic (exact) mass is 373 g/mol. The Labute approximate surface area is 154 Å². The van der Waals surface area contributed by atoms with Gasteiger partial charge in [-0.3, -0.25) is 0 Å². The predicted octanol–water partition coefficient (Wildman–Crippen LogP) is 6.49. The highest BCUT2D eigenvalue weighted by Crippen LogP contribution is 2.28. The molecule has 0 aliphatic heterocycles. The fourth-order valence-electron chi connectivity index (χ4n) is 3.05. The maximum atomic E-state index is 6.05. The van der Waals surface area contributed by atoms with E-state index in [9.17, 15) is 0 Å². The van der Waals surface area contributed by atoms with E-state index in [1.54, 1.807) is 6.07 Å². The van der Waals surface area contributed by atoms with Crippen LogP contribution >= 0.6 is 35.6 Å². The third-order valence-corrected chi connectivity index (χ3v) is 4.67. The van der Waals surface area contributed by atoms with Gasteiger partial charge in [0.15, 0.2) is 0 Å². The van der Waals surface area contributed by atoms with Gasteiger partial charge in [-0.15, -0.1) is 12.4 Å². The second kappa shape index (κ2) is 8.98. The van der Waals surface area contributed by atoms with Crippen molar-refractivity contribution in [3.8, 4) is 11.3 Å². The first-order valence-electron chi connectivity index (χ1n) is 7.99. The van der Waals surface area contributed by atoms with E-state index in [0.29, 0.717) is 16.1 Å². The van der Waals surface area contributed by atoms with Crippen molar-refractivity contribution in [2.45, 2.75) is 51.1 Å². The molecule has 0 bridgehead atoms. The van der Waals surface area contributed by atoms with Crippen molar-refractivity contribution in [2.24, 2.45) is 0 Å². The van der Waals surface area contributed by atoms with E-state index in [0.717, 1.165) is 23.6 Å². The Balaban J connectivity index is 0.00000192. The molecule has 1 aromatic carbocycles. The normalized spacial score (nSPS) is 15.9. The predicted molar refractivity (Wildman–Crippen MR) is 99.7 cm³/mol. The molecule has 3 rings (SSSR count). The van der Waals surface area contributed by atoms with Crippen LogP contribution in [0.4, 0.5) is 0 Å². The fourth-order valence-corrected chi connectivity index (χ4v) is 3.58. The van der Waals surface area contributed by atoms with E-state index in [2.05, 4.69) is 5.32 Å². The lowest BCUT2D eigenvalue weighted by Gasteiger charge is -2.14. The Morgan fingerprint density at radius 2 is 1.61 bits per heavy atom. The van der Waals surface area contributed by atoms with Gasteiger partial charge in [-0.05, 0) is 43.2 Å². The smallest absolute Gasteiger partial charge is 0.134 e. The van der Waals surface area contributed by atoms with Crippen LogP contribution in [0.2, 0.25) is 10.0 Å². The minimum atomic E-state index is 0. The molecule has 5 heteroatoms. The number of nitrogens with one attached hydrogen (secondary N) is 1. The average Bonchev–Trinajstić information content (AvgIpc) is 2.80. The summed E-state index contributed by atoms with van der Waals surface area (Å²) in [5, 5.41) is 4.86. The Morgan fingerprint density at radius 3 is 2.26 bits per heavy atom. The van der Waals surface area contributed by atoms with Crippen LogP contribution in [0.25, 0.3) is 11.3 Å². The zero-order valence-electron chi connectivity index (χ0n) is 13.0. The molecule has 23 heavy (non-hydrogen) atoms. The van der Waals surface area contributed by atoms with Crippen molar-refractivity contribution in [1.82, 2.24) is 5.32 Å². The summed E-state index contributed by atoms with van der Waals surface area (Å²) < 4.78 is 5.92. The summed E-state index contributed by atoms with van der Waals surface area (Å²) in [5.41, 5.74) is 0.915. The Kier molecular flexibility index (Phi) is 7.29. The minimum absolute atomic E-state index is 0. The summed E-state index contributed by atoms with van der Waals surface area (Å²) in [6.07, 6.45) is 7.97. The molecule has 0 radical (unpaired) electrons. The summed E-state index contributed by atoms with van der Waals surface area (Å²) in [6.45, 7) is 0.777. The Bertz CT molecular complexity index is 598. The summed E-state index contributed by atoms with van der Waals surface area (Å²) in [5.74, 6) is 1.76. The van der Waals surface area contributed by atoms with Gasteiger partial charge in [0, 0.05) is 21.7 Å². The van der Waals surface area contributed by atoms with E-state index >= 15 is 0 Å². The van der Waals surface area contributed by atoms with Gasteiger partial charge >= 0.3 is 0 Å². The van der Waals surface area contributed by atoms with Crippen LogP contribution in [-0.2, 0) is 6.54 Å². The highest BCUT2D eigenvalue weighted by molar-refractivity contribution is 6.35. The van der Waals surface area contributed by atoms with Gasteiger partial charge in [0.25, 0.3) is 0 Å². The molecule has 1 N–H and O–H groups in total. The third kappa shape index (κ3) is 5.42. The lowest BCUT2D eigenvalue weighted by atomic mass is 10.1. The second-order valence-electron chi connectivity index (χ2n) is 5.99. The molecular formula is C18H22Cl3NO. The van der Waals surface area contributed by atoms with Crippen molar-refractivity contribution >= 4 is 35.6 Å². The van der Waals surface area contributed by atoms with Gasteiger partial charge in [0.05, 0.1) is 6.54 Å². The van der Waals surface area contributed by atoms with Crippen LogP contribution in [0.3, 0.4) is 0 Å². The van der Waals surface area contributed by atoms with E-state index in [1.165, 1.54) is 38.5 Å². The van der Waals surface area contributed by atoms with Crippen molar-refractivity contribution in [1.29, 1.82) is 0 Å². The summed E-state index contributed by atoms with van der Waals surface area (Å²) in [7, 11) is 0. The molecule has 2 aromatic rings. The number of benzene rings is 1. The minimum Gasteiger partial charge on any atom is -0.460 e. The number of hydrogen-bond acceptors (Lipinski definition) is 2. The number of hydrogen-bond donors (Lipinski definition) is 1. The zero-order chi connectivity index (χ0) is 15.4. The third-order valence-electron chi connectivity index (χ3n) is 4.23. The quantitative estimate of drug-likeness (QED) is 0.619. The van der Waals surface area contributed by atoms with Crippen molar-refractivity contribution in [3.05, 3.63) is 46.1 Å². The van der Waals surface area contributed by atoms with Crippen molar-refractivity contribution in [3.63, 3.8) is 0 Å². The molecule has 0 spiro atoms. The molecule has 1 aliphatic carbocycles. The molecule has 1 fully saturated rings. The molecule has 1 heterocycles. The van der Waals surface area contributed by atoms with Gasteiger partial charge in [-0.2, -0.15) is 0 Å². The highest BCUT2D eigenvalue weighted by atomic mass is 35.5. The molecule has 1 saturated carbocycles. The SMILES string of the molecule is Cl.Clc1cc(Cl)cc(-c2ccc(CNC3CCCCCC3)o2)c1. The van der Waals surface area contributed by atoms with E-state index in [4.69, 9.17) is 27.6 Å². The van der Waals surface area contributed by atoms with E-state index in [-0.39, 0.29) is 12.4 Å². The second-order valence-corrected chi connectivity index (χ2v) is 6.87. The maximum absolute atomic E-state index is 6.05. The topological polar surface area (TPSA) is 25.2 Å². The molecule has 0 amide bonds. The molecule has 1 aliphatic rings. The lowest BCUT2D eigenvalue weighted by molar-refractivity contribution is 0.420. The molecule has 1 aromatic heterocycles. The standard InChI is InChI=1S/C18H21Cl2NO.ClH/c19-14-9-13(10-15(20)11-14)18-8-7-17(22-18)12-21-16-5-3-1-2-4-6-16;/h7-11,16,21H,1-6,12H2;1H. The van der Waals surface area contributed by atoms with Gasteiger partial charge in [0.1, 0.15) is 11.5 Å². The van der Waals surface area contributed by atoms with Crippen LogP contribution in [0.5, 0.6) is 0 Å². The number of halogens is 3. The number of furan rings is 1. The summed E-state index contributed by atoms with van der Waals surface area (Å²) >= 11 is 12.1. The highest BCUT2D eigenvalue weighted by Gasteiger charge is 2.13. The van der Waals surface area contributed by atoms with Gasteiger partial charge in [-0.25, -0.2) is 0 Å². The Morgan fingerprint density at radius 1 is 0.957 bits per heavy atom. The first kappa shape index (κ1) is 18.7. The van der Waals surface area contributed by atoms with Crippen LogP contribution < -0.4 is 5.32 Å². The molecule has 2 nitrogen and oxygen atoms in total. The molecule has 0 saturated heterocycles. The molecule has 0 atom stereocenters.